The highest BCUT2D eigenvalue weighted by molar-refractivity contribution is 7.74. The van der Waals surface area contributed by atoms with Gasteiger partial charge in [-0.2, -0.15) is 0 Å². The van der Waals surface area contributed by atoms with Crippen molar-refractivity contribution >= 4 is 15.2 Å². The van der Waals surface area contributed by atoms with Gasteiger partial charge in [-0.05, 0) is 68.2 Å². The summed E-state index contributed by atoms with van der Waals surface area (Å²) in [6.45, 7) is 13.5. The Kier molecular flexibility index (Phi) is 8.53. The molecule has 0 aromatic heterocycles. The van der Waals surface area contributed by atoms with Gasteiger partial charge in [0.1, 0.15) is 0 Å². The van der Waals surface area contributed by atoms with E-state index in [9.17, 15) is 14.3 Å². The van der Waals surface area contributed by atoms with Crippen molar-refractivity contribution in [3.63, 3.8) is 0 Å². The molecule has 155 valence electrons. The van der Waals surface area contributed by atoms with Crippen LogP contribution in [0.25, 0.3) is 0 Å². The zero-order valence-corrected chi connectivity index (χ0v) is 18.9. The van der Waals surface area contributed by atoms with Crippen molar-refractivity contribution < 1.29 is 32.4 Å². The van der Waals surface area contributed by atoms with Gasteiger partial charge in [0.2, 0.25) is 0 Å². The van der Waals surface area contributed by atoms with Gasteiger partial charge in [-0.3, -0.25) is 9.13 Å². The molecule has 0 aromatic rings. The summed E-state index contributed by atoms with van der Waals surface area (Å²) in [5.74, 6) is 0. The zero-order chi connectivity index (χ0) is 20.3. The molecule has 1 fully saturated rings. The summed E-state index contributed by atoms with van der Waals surface area (Å²) in [4.78, 5) is 0. The molecule has 1 aliphatic heterocycles. The van der Waals surface area contributed by atoms with E-state index in [1.807, 2.05) is 0 Å². The van der Waals surface area contributed by atoms with Crippen molar-refractivity contribution in [1.82, 2.24) is 5.06 Å². The standard InChI is InChI=1S/C16H34NO7P2/c1-12(2)21-25(19,22-13(3)4)16(10-9-11-17(16)18)26(20,23-14(5)6)24-15(7)8/h12-15H,9-11H2,1-8H3. The van der Waals surface area contributed by atoms with E-state index >= 15 is 0 Å². The van der Waals surface area contributed by atoms with Crippen LogP contribution in [-0.4, -0.2) is 41.0 Å². The Balaban J connectivity index is 3.65. The smallest absolute Gasteiger partial charge is 0.304 e. The molecule has 1 rings (SSSR count). The quantitative estimate of drug-likeness (QED) is 0.455. The lowest BCUT2D eigenvalue weighted by molar-refractivity contribution is -0.172. The third-order valence-corrected chi connectivity index (χ3v) is 10.5. The van der Waals surface area contributed by atoms with Crippen LogP contribution < -0.4 is 0 Å². The molecule has 0 unspecified atom stereocenters. The maximum atomic E-state index is 14.0. The topological polar surface area (TPSA) is 94.2 Å². The lowest BCUT2D eigenvalue weighted by Crippen LogP contribution is -2.44. The fourth-order valence-electron chi connectivity index (χ4n) is 2.96. The number of hydrogen-bond donors (Lipinski definition) is 0. The lowest BCUT2D eigenvalue weighted by Gasteiger charge is -2.43. The number of nitrogens with zero attached hydrogens (tertiary/aromatic N) is 1. The Morgan fingerprint density at radius 2 is 1.04 bits per heavy atom. The van der Waals surface area contributed by atoms with Crippen molar-refractivity contribution in [3.8, 4) is 0 Å². The van der Waals surface area contributed by atoms with E-state index in [0.29, 0.717) is 11.5 Å². The average Bonchev–Trinajstić information content (AvgIpc) is 2.78. The SMILES string of the molecule is CC(C)OP(=O)(OC(C)C)C1(P(=O)(OC(C)C)OC(C)C)CCCN1[O]. The predicted molar refractivity (Wildman–Crippen MR) is 99.5 cm³/mol. The Bertz CT molecular complexity index is 485. The molecule has 1 heterocycles. The molecule has 1 saturated heterocycles. The van der Waals surface area contributed by atoms with Crippen LogP contribution in [0.3, 0.4) is 0 Å². The normalized spacial score (nSPS) is 19.4. The van der Waals surface area contributed by atoms with Gasteiger partial charge in [0.05, 0.1) is 24.4 Å². The van der Waals surface area contributed by atoms with E-state index in [2.05, 4.69) is 0 Å². The molecule has 0 atom stereocenters. The van der Waals surface area contributed by atoms with Crippen LogP contribution in [0, 0.1) is 0 Å². The molecule has 10 heteroatoms. The van der Waals surface area contributed by atoms with Crippen molar-refractivity contribution in [1.29, 1.82) is 0 Å². The third-order valence-electron chi connectivity index (χ3n) is 3.55. The second-order valence-corrected chi connectivity index (χ2v) is 12.3. The van der Waals surface area contributed by atoms with Crippen molar-refractivity contribution in [2.45, 2.75) is 97.7 Å². The van der Waals surface area contributed by atoms with Crippen LogP contribution in [0.2, 0.25) is 0 Å². The van der Waals surface area contributed by atoms with Gasteiger partial charge >= 0.3 is 15.2 Å². The maximum Gasteiger partial charge on any atom is 0.366 e. The maximum absolute atomic E-state index is 14.0. The van der Waals surface area contributed by atoms with Crippen LogP contribution in [0.15, 0.2) is 0 Å². The fourth-order valence-corrected chi connectivity index (χ4v) is 9.33. The number of hydrogen-bond acceptors (Lipinski definition) is 7. The molecule has 0 aromatic carbocycles. The Labute approximate surface area is 157 Å². The zero-order valence-electron chi connectivity index (χ0n) is 17.1. The van der Waals surface area contributed by atoms with Crippen molar-refractivity contribution in [3.05, 3.63) is 0 Å². The van der Waals surface area contributed by atoms with E-state index in [1.165, 1.54) is 0 Å². The average molecular weight is 414 g/mol. The predicted octanol–water partition coefficient (Wildman–Crippen LogP) is 5.17. The molecule has 0 bridgehead atoms. The molecule has 0 spiro atoms. The molecular weight excluding hydrogens is 380 g/mol. The third kappa shape index (κ3) is 4.98. The Hall–Kier alpha value is 0.220. The first kappa shape index (κ1) is 24.3. The molecule has 26 heavy (non-hydrogen) atoms. The number of rotatable bonds is 10. The summed E-state index contributed by atoms with van der Waals surface area (Å²) in [6.07, 6.45) is -1.57. The van der Waals surface area contributed by atoms with Crippen LogP contribution in [-0.2, 0) is 32.4 Å². The van der Waals surface area contributed by atoms with E-state index in [1.54, 1.807) is 55.4 Å². The minimum Gasteiger partial charge on any atom is -0.304 e. The summed E-state index contributed by atoms with van der Waals surface area (Å²) >= 11 is 0. The van der Waals surface area contributed by atoms with E-state index in [0.717, 1.165) is 0 Å². The van der Waals surface area contributed by atoms with E-state index in [-0.39, 0.29) is 13.0 Å². The molecule has 0 amide bonds. The van der Waals surface area contributed by atoms with Gasteiger partial charge in [-0.1, -0.05) is 0 Å². The van der Waals surface area contributed by atoms with Gasteiger partial charge in [-0.15, -0.1) is 10.3 Å². The first-order valence-electron chi connectivity index (χ1n) is 9.18. The Morgan fingerprint density at radius 1 is 0.731 bits per heavy atom. The highest BCUT2D eigenvalue weighted by Gasteiger charge is 2.72. The van der Waals surface area contributed by atoms with Crippen LogP contribution in [0.5, 0.6) is 0 Å². The molecule has 0 N–H and O–H groups in total. The van der Waals surface area contributed by atoms with Gasteiger partial charge in [0, 0.05) is 6.54 Å². The molecular formula is C16H34NO7P2. The van der Waals surface area contributed by atoms with Crippen molar-refractivity contribution in [2.75, 3.05) is 6.54 Å². The minimum atomic E-state index is -4.20. The van der Waals surface area contributed by atoms with Crippen LogP contribution in [0.4, 0.5) is 0 Å². The summed E-state index contributed by atoms with van der Waals surface area (Å²) in [5.41, 5.74) is 0. The second kappa shape index (κ2) is 9.15. The molecule has 1 aliphatic rings. The molecule has 8 nitrogen and oxygen atoms in total. The largest absolute Gasteiger partial charge is 0.366 e. The molecule has 0 saturated carbocycles. The summed E-state index contributed by atoms with van der Waals surface area (Å²) in [7, 11) is -8.40. The monoisotopic (exact) mass is 414 g/mol. The second-order valence-electron chi connectivity index (χ2n) is 7.59. The van der Waals surface area contributed by atoms with E-state index in [4.69, 9.17) is 18.1 Å². The van der Waals surface area contributed by atoms with E-state index < -0.39 is 44.6 Å². The summed E-state index contributed by atoms with van der Waals surface area (Å²) < 4.78 is 50.6. The Morgan fingerprint density at radius 3 is 1.23 bits per heavy atom. The van der Waals surface area contributed by atoms with Crippen molar-refractivity contribution in [2.24, 2.45) is 0 Å². The number of hydroxylamine groups is 2. The highest BCUT2D eigenvalue weighted by Crippen LogP contribution is 2.82. The lowest BCUT2D eigenvalue weighted by atomic mass is 10.4. The molecule has 1 radical (unpaired) electrons. The van der Waals surface area contributed by atoms with Gasteiger partial charge in [0.25, 0.3) is 5.02 Å². The van der Waals surface area contributed by atoms with Gasteiger partial charge in [0.15, 0.2) is 0 Å². The summed E-state index contributed by atoms with van der Waals surface area (Å²) in [6, 6.07) is 0. The fraction of sp³-hybridized carbons (Fsp3) is 1.00. The van der Waals surface area contributed by atoms with Crippen LogP contribution >= 0.6 is 15.2 Å². The van der Waals surface area contributed by atoms with Crippen LogP contribution in [0.1, 0.15) is 68.2 Å². The summed E-state index contributed by atoms with van der Waals surface area (Å²) in [5, 5.41) is 11.5. The minimum absolute atomic E-state index is 0.0456. The molecule has 0 aliphatic carbocycles. The first-order chi connectivity index (χ1) is 11.8. The first-order valence-corrected chi connectivity index (χ1v) is 12.3. The van der Waals surface area contributed by atoms with Gasteiger partial charge in [-0.25, -0.2) is 0 Å². The highest BCUT2D eigenvalue weighted by atomic mass is 31.2. The van der Waals surface area contributed by atoms with Gasteiger partial charge < -0.3 is 18.1 Å².